The zero-order chi connectivity index (χ0) is 20.6. The number of nitrogens with zero attached hydrogens (tertiary/aromatic N) is 1. The van der Waals surface area contributed by atoms with Gasteiger partial charge in [0.1, 0.15) is 10.9 Å². The Kier molecular flexibility index (Phi) is 6.81. The van der Waals surface area contributed by atoms with E-state index in [2.05, 4.69) is 4.98 Å². The number of aryl methyl sites for hydroxylation is 1. The predicted octanol–water partition coefficient (Wildman–Crippen LogP) is 4.40. The van der Waals surface area contributed by atoms with Gasteiger partial charge in [-0.3, -0.25) is 0 Å². The Morgan fingerprint density at radius 1 is 1.30 bits per heavy atom. The molecule has 0 unspecified atom stereocenters. The minimum absolute atomic E-state index is 0.153. The second kappa shape index (κ2) is 8.22. The van der Waals surface area contributed by atoms with Crippen molar-refractivity contribution >= 4 is 44.6 Å². The average molecular weight is 463 g/mol. The number of sulfonamides is 1. The zero-order valence-corrected chi connectivity index (χ0v) is 17.2. The van der Waals surface area contributed by atoms with Crippen molar-refractivity contribution in [3.8, 4) is 10.4 Å². The van der Waals surface area contributed by atoms with Gasteiger partial charge in [0.05, 0.1) is 32.2 Å². The summed E-state index contributed by atoms with van der Waals surface area (Å²) < 4.78 is 64.1. The molecule has 27 heavy (non-hydrogen) atoms. The van der Waals surface area contributed by atoms with E-state index in [4.69, 9.17) is 23.2 Å². The first kappa shape index (κ1) is 22.4. The van der Waals surface area contributed by atoms with Crippen LogP contribution in [0.2, 0.25) is 10.0 Å². The van der Waals surface area contributed by atoms with Gasteiger partial charge in [0.25, 0.3) is 0 Å². The highest BCUT2D eigenvalue weighted by Gasteiger charge is 2.39. The predicted molar refractivity (Wildman–Crippen MR) is 98.7 cm³/mol. The fourth-order valence-corrected chi connectivity index (χ4v) is 5.34. The normalized spacial score (nSPS) is 13.8. The van der Waals surface area contributed by atoms with Gasteiger partial charge < -0.3 is 5.11 Å². The minimum Gasteiger partial charge on any atom is -0.390 e. The molecule has 2 aromatic rings. The van der Waals surface area contributed by atoms with Gasteiger partial charge >= 0.3 is 6.18 Å². The number of benzene rings is 1. The maximum atomic E-state index is 12.7. The fraction of sp³-hybridized carbons (Fsp3) is 0.400. The zero-order valence-electron chi connectivity index (χ0n) is 14.1. The Balaban J connectivity index is 2.50. The summed E-state index contributed by atoms with van der Waals surface area (Å²) in [6, 6.07) is 0.0980. The molecule has 1 heterocycles. The van der Waals surface area contributed by atoms with Gasteiger partial charge in [0, 0.05) is 5.56 Å². The monoisotopic (exact) mass is 462 g/mol. The molecule has 0 bridgehead atoms. The van der Waals surface area contributed by atoms with Gasteiger partial charge in [0.15, 0.2) is 0 Å². The van der Waals surface area contributed by atoms with Gasteiger partial charge in [-0.1, -0.05) is 36.2 Å². The van der Waals surface area contributed by atoms with Crippen LogP contribution in [0.25, 0.3) is 10.4 Å². The van der Waals surface area contributed by atoms with E-state index in [0.29, 0.717) is 29.5 Å². The number of aliphatic hydroxyl groups is 1. The summed E-state index contributed by atoms with van der Waals surface area (Å²) in [5.74, 6) is 0. The van der Waals surface area contributed by atoms with Crippen LogP contribution in [0.4, 0.5) is 13.2 Å². The molecule has 2 N–H and O–H groups in total. The molecule has 0 amide bonds. The molecule has 150 valence electrons. The number of nitrogens with one attached hydrogen (secondary N) is 1. The highest BCUT2D eigenvalue weighted by Crippen LogP contribution is 2.41. The van der Waals surface area contributed by atoms with Crippen molar-refractivity contribution in [2.24, 2.45) is 0 Å². The second-order valence-corrected chi connectivity index (χ2v) is 9.04. The molecule has 12 heteroatoms. The van der Waals surface area contributed by atoms with E-state index in [9.17, 15) is 26.7 Å². The van der Waals surface area contributed by atoms with Crippen LogP contribution in [0.15, 0.2) is 17.0 Å². The molecule has 0 aliphatic carbocycles. The van der Waals surface area contributed by atoms with Crippen molar-refractivity contribution in [2.75, 3.05) is 0 Å². The lowest BCUT2D eigenvalue weighted by molar-refractivity contribution is -0.147. The maximum Gasteiger partial charge on any atom is 0.404 e. The van der Waals surface area contributed by atoms with Crippen molar-refractivity contribution in [2.45, 2.75) is 44.0 Å². The van der Waals surface area contributed by atoms with Crippen LogP contribution in [-0.4, -0.2) is 30.7 Å². The first-order valence-electron chi connectivity index (χ1n) is 7.59. The number of alkyl halides is 3. The lowest BCUT2D eigenvalue weighted by Gasteiger charge is -2.18. The molecule has 0 aliphatic heterocycles. The van der Waals surface area contributed by atoms with E-state index >= 15 is 0 Å². The summed E-state index contributed by atoms with van der Waals surface area (Å²) >= 11 is 13.5. The van der Waals surface area contributed by atoms with Crippen LogP contribution >= 0.6 is 34.5 Å². The number of hydrogen-bond acceptors (Lipinski definition) is 5. The molecule has 1 atom stereocenters. The van der Waals surface area contributed by atoms with Crippen LogP contribution in [0, 0.1) is 0 Å². The number of aromatic nitrogens is 1. The molecule has 0 saturated heterocycles. The maximum absolute atomic E-state index is 12.7. The third-order valence-corrected chi connectivity index (χ3v) is 7.45. The summed E-state index contributed by atoms with van der Waals surface area (Å²) in [5.41, 5.74) is 0.694. The standard InChI is InChI=1S/C15H15Cl2F3N2O3S2/c1-3-11-21-9(6-23)14(26-11)8-4-5-10(13(17)12(8)16)27(24,25)22-7(2)15(18,19)20/h4-5,7,22-23H,3,6H2,1-2H3/t7-/m0/s1. The lowest BCUT2D eigenvalue weighted by Crippen LogP contribution is -2.43. The highest BCUT2D eigenvalue weighted by atomic mass is 35.5. The Hall–Kier alpha value is -0.910. The number of thiazole rings is 1. The number of halogens is 5. The van der Waals surface area contributed by atoms with Crippen LogP contribution in [0.5, 0.6) is 0 Å². The third-order valence-electron chi connectivity index (χ3n) is 3.60. The minimum atomic E-state index is -4.75. The molecule has 1 aromatic carbocycles. The largest absolute Gasteiger partial charge is 0.404 e. The van der Waals surface area contributed by atoms with E-state index in [-0.39, 0.29) is 11.6 Å². The number of hydrogen-bond donors (Lipinski definition) is 2. The van der Waals surface area contributed by atoms with Crippen molar-refractivity contribution in [3.63, 3.8) is 0 Å². The number of aliphatic hydroxyl groups excluding tert-OH is 1. The van der Waals surface area contributed by atoms with Crippen molar-refractivity contribution < 1.29 is 26.7 Å². The molecule has 0 spiro atoms. The van der Waals surface area contributed by atoms with E-state index < -0.39 is 32.2 Å². The molecule has 0 radical (unpaired) electrons. The Bertz CT molecular complexity index is 947. The molecule has 0 saturated carbocycles. The topological polar surface area (TPSA) is 79.3 Å². The molecule has 0 fully saturated rings. The first-order valence-corrected chi connectivity index (χ1v) is 10.6. The van der Waals surface area contributed by atoms with Crippen molar-refractivity contribution in [3.05, 3.63) is 32.9 Å². The molecule has 5 nitrogen and oxygen atoms in total. The Labute approximate surface area is 168 Å². The Morgan fingerprint density at radius 2 is 1.93 bits per heavy atom. The summed E-state index contributed by atoms with van der Waals surface area (Å²) in [4.78, 5) is 4.19. The number of rotatable bonds is 6. The molecular weight excluding hydrogens is 448 g/mol. The van der Waals surface area contributed by atoms with Gasteiger partial charge in [-0.05, 0) is 19.4 Å². The summed E-state index contributed by atoms with van der Waals surface area (Å²) in [6.07, 6.45) is -4.13. The second-order valence-electron chi connectivity index (χ2n) is 5.52. The van der Waals surface area contributed by atoms with Gasteiger partial charge in [-0.2, -0.15) is 17.9 Å². The smallest absolute Gasteiger partial charge is 0.390 e. The molecular formula is C15H15Cl2F3N2O3S2. The quantitative estimate of drug-likeness (QED) is 0.666. The SMILES string of the molecule is CCc1nc(CO)c(-c2ccc(S(=O)(=O)N[C@@H](C)C(F)(F)F)c(Cl)c2Cl)s1. The summed E-state index contributed by atoms with van der Waals surface area (Å²) in [7, 11) is -4.56. The van der Waals surface area contributed by atoms with E-state index in [1.807, 2.05) is 6.92 Å². The Morgan fingerprint density at radius 3 is 2.44 bits per heavy atom. The van der Waals surface area contributed by atoms with Crippen LogP contribution in [0.1, 0.15) is 24.5 Å². The van der Waals surface area contributed by atoms with Gasteiger partial charge in [0.2, 0.25) is 10.0 Å². The summed E-state index contributed by atoms with van der Waals surface area (Å²) in [6.45, 7) is 2.20. The van der Waals surface area contributed by atoms with Crippen molar-refractivity contribution in [1.82, 2.24) is 9.71 Å². The highest BCUT2D eigenvalue weighted by molar-refractivity contribution is 7.89. The van der Waals surface area contributed by atoms with Crippen molar-refractivity contribution in [1.29, 1.82) is 0 Å². The molecule has 0 aliphatic rings. The fourth-order valence-electron chi connectivity index (χ4n) is 2.15. The van der Waals surface area contributed by atoms with E-state index in [1.165, 1.54) is 22.1 Å². The van der Waals surface area contributed by atoms with Crippen LogP contribution in [-0.2, 0) is 23.1 Å². The first-order chi connectivity index (χ1) is 12.4. The molecule has 1 aromatic heterocycles. The van der Waals surface area contributed by atoms with Crippen LogP contribution < -0.4 is 4.72 Å². The van der Waals surface area contributed by atoms with E-state index in [1.54, 1.807) is 0 Å². The van der Waals surface area contributed by atoms with Crippen LogP contribution in [0.3, 0.4) is 0 Å². The van der Waals surface area contributed by atoms with Gasteiger partial charge in [-0.15, -0.1) is 11.3 Å². The third kappa shape index (κ3) is 4.75. The molecule has 2 rings (SSSR count). The van der Waals surface area contributed by atoms with Gasteiger partial charge in [-0.25, -0.2) is 13.4 Å². The average Bonchev–Trinajstić information content (AvgIpc) is 2.99. The van der Waals surface area contributed by atoms with E-state index in [0.717, 1.165) is 11.1 Å². The summed E-state index contributed by atoms with van der Waals surface area (Å²) in [5, 5.41) is 9.64. The lowest BCUT2D eigenvalue weighted by atomic mass is 10.1.